The lowest BCUT2D eigenvalue weighted by atomic mass is 10.1. The van der Waals surface area contributed by atoms with E-state index in [-0.39, 0.29) is 24.2 Å². The molecule has 2 N–H and O–H groups in total. The molecule has 17 heavy (non-hydrogen) atoms. The molecule has 1 atom stereocenters. The molecule has 1 aliphatic rings. The lowest BCUT2D eigenvalue weighted by molar-refractivity contribution is 0.257. The van der Waals surface area contributed by atoms with Crippen molar-refractivity contribution in [3.8, 4) is 0 Å². The number of nitrogens with two attached hydrogens (primary N) is 1. The van der Waals surface area contributed by atoms with Crippen molar-refractivity contribution in [2.45, 2.75) is 45.6 Å². The van der Waals surface area contributed by atoms with Crippen LogP contribution in [0, 0.1) is 5.92 Å². The van der Waals surface area contributed by atoms with E-state index in [2.05, 4.69) is 0 Å². The van der Waals surface area contributed by atoms with Gasteiger partial charge in [-0.15, -0.1) is 12.4 Å². The second-order valence-electron chi connectivity index (χ2n) is 4.99. The van der Waals surface area contributed by atoms with E-state index in [1.807, 2.05) is 13.8 Å². The highest BCUT2D eigenvalue weighted by Gasteiger charge is 2.30. The maximum Gasteiger partial charge on any atom is 0.214 e. The van der Waals surface area contributed by atoms with E-state index in [9.17, 15) is 8.42 Å². The van der Waals surface area contributed by atoms with Gasteiger partial charge in [0.2, 0.25) is 10.0 Å². The van der Waals surface area contributed by atoms with Crippen molar-refractivity contribution >= 4 is 22.4 Å². The molecule has 0 amide bonds. The van der Waals surface area contributed by atoms with Crippen LogP contribution in [-0.4, -0.2) is 37.6 Å². The summed E-state index contributed by atoms with van der Waals surface area (Å²) >= 11 is 0. The van der Waals surface area contributed by atoms with Gasteiger partial charge in [-0.1, -0.05) is 20.3 Å². The number of piperidine rings is 1. The van der Waals surface area contributed by atoms with Crippen LogP contribution in [-0.2, 0) is 10.0 Å². The van der Waals surface area contributed by atoms with E-state index in [4.69, 9.17) is 5.73 Å². The average Bonchev–Trinajstić information content (AvgIpc) is 2.26. The van der Waals surface area contributed by atoms with Gasteiger partial charge in [-0.05, 0) is 25.2 Å². The third-order valence-electron chi connectivity index (χ3n) is 3.16. The Morgan fingerprint density at radius 2 is 2.00 bits per heavy atom. The fraction of sp³-hybridized carbons (Fsp3) is 1.00. The zero-order chi connectivity index (χ0) is 12.2. The van der Waals surface area contributed by atoms with Crippen LogP contribution >= 0.6 is 12.4 Å². The largest absolute Gasteiger partial charge is 0.329 e. The average molecular weight is 285 g/mol. The predicted octanol–water partition coefficient (Wildman–Crippen LogP) is 1.60. The van der Waals surface area contributed by atoms with Gasteiger partial charge in [-0.3, -0.25) is 0 Å². The highest BCUT2D eigenvalue weighted by atomic mass is 35.5. The molecule has 0 aromatic rings. The fourth-order valence-electron chi connectivity index (χ4n) is 2.08. The molecule has 0 aromatic carbocycles. The summed E-state index contributed by atoms with van der Waals surface area (Å²) in [6.45, 7) is 5.20. The molecule has 0 aromatic heterocycles. The standard InChI is InChI=1S/C11H24N2O2S.ClH/c1-10(2)6-8-16(14,15)13-7-4-3-5-11(13)9-12;/h10-11H,3-9,12H2,1-2H3;1H. The normalized spacial score (nSPS) is 22.5. The topological polar surface area (TPSA) is 63.4 Å². The molecule has 104 valence electrons. The second-order valence-corrected chi connectivity index (χ2v) is 7.04. The molecule has 6 heteroatoms. The number of rotatable bonds is 5. The Labute approximate surface area is 111 Å². The molecular weight excluding hydrogens is 260 g/mol. The lowest BCUT2D eigenvalue weighted by Gasteiger charge is -2.34. The Bertz CT molecular complexity index is 307. The summed E-state index contributed by atoms with van der Waals surface area (Å²) in [6, 6.07) is 0.0333. The minimum Gasteiger partial charge on any atom is -0.329 e. The van der Waals surface area contributed by atoms with Crippen LogP contribution in [0.25, 0.3) is 0 Å². The van der Waals surface area contributed by atoms with E-state index in [1.165, 1.54) is 0 Å². The minimum atomic E-state index is -3.09. The Hall–Kier alpha value is 0.160. The van der Waals surface area contributed by atoms with E-state index < -0.39 is 10.0 Å². The third-order valence-corrected chi connectivity index (χ3v) is 5.10. The van der Waals surface area contributed by atoms with E-state index >= 15 is 0 Å². The molecule has 0 saturated carbocycles. The van der Waals surface area contributed by atoms with Crippen molar-refractivity contribution < 1.29 is 8.42 Å². The van der Waals surface area contributed by atoms with Gasteiger partial charge in [-0.2, -0.15) is 4.31 Å². The molecule has 0 radical (unpaired) electrons. The number of nitrogens with zero attached hydrogens (tertiary/aromatic N) is 1. The minimum absolute atomic E-state index is 0. The molecule has 1 aliphatic heterocycles. The molecule has 0 spiro atoms. The summed E-state index contributed by atoms with van der Waals surface area (Å²) in [5.41, 5.74) is 5.64. The highest BCUT2D eigenvalue weighted by molar-refractivity contribution is 7.89. The molecule has 1 fully saturated rings. The Kier molecular flexibility index (Phi) is 7.63. The maximum atomic E-state index is 12.1. The summed E-state index contributed by atoms with van der Waals surface area (Å²) in [4.78, 5) is 0. The van der Waals surface area contributed by atoms with Gasteiger partial charge in [-0.25, -0.2) is 8.42 Å². The number of halogens is 1. The maximum absolute atomic E-state index is 12.1. The van der Waals surface area contributed by atoms with Crippen LogP contribution < -0.4 is 5.73 Å². The van der Waals surface area contributed by atoms with E-state index in [1.54, 1.807) is 4.31 Å². The molecule has 1 heterocycles. The highest BCUT2D eigenvalue weighted by Crippen LogP contribution is 2.21. The SMILES string of the molecule is CC(C)CCS(=O)(=O)N1CCCCC1CN.Cl. The zero-order valence-electron chi connectivity index (χ0n) is 10.8. The summed E-state index contributed by atoms with van der Waals surface area (Å²) < 4.78 is 25.9. The molecule has 1 rings (SSSR count). The van der Waals surface area contributed by atoms with Crippen LogP contribution in [0.5, 0.6) is 0 Å². The zero-order valence-corrected chi connectivity index (χ0v) is 12.4. The van der Waals surface area contributed by atoms with Gasteiger partial charge in [0.05, 0.1) is 5.75 Å². The molecule has 0 bridgehead atoms. The molecule has 4 nitrogen and oxygen atoms in total. The van der Waals surface area contributed by atoms with Crippen molar-refractivity contribution in [2.75, 3.05) is 18.8 Å². The van der Waals surface area contributed by atoms with Gasteiger partial charge in [0.15, 0.2) is 0 Å². The Morgan fingerprint density at radius 1 is 1.35 bits per heavy atom. The van der Waals surface area contributed by atoms with E-state index in [0.29, 0.717) is 19.0 Å². The molecule has 1 unspecified atom stereocenters. The molecule has 0 aliphatic carbocycles. The predicted molar refractivity (Wildman–Crippen MR) is 73.9 cm³/mol. The number of hydrogen-bond donors (Lipinski definition) is 1. The van der Waals surface area contributed by atoms with Gasteiger partial charge in [0.25, 0.3) is 0 Å². The molecular formula is C11H25ClN2O2S. The van der Waals surface area contributed by atoms with Crippen molar-refractivity contribution in [3.63, 3.8) is 0 Å². The van der Waals surface area contributed by atoms with Gasteiger partial charge < -0.3 is 5.73 Å². The number of sulfonamides is 1. The van der Waals surface area contributed by atoms with Gasteiger partial charge >= 0.3 is 0 Å². The molecule has 1 saturated heterocycles. The monoisotopic (exact) mass is 284 g/mol. The van der Waals surface area contributed by atoms with Gasteiger partial charge in [0, 0.05) is 19.1 Å². The lowest BCUT2D eigenvalue weighted by Crippen LogP contribution is -2.48. The fourth-order valence-corrected chi connectivity index (χ4v) is 4.13. The van der Waals surface area contributed by atoms with Crippen LogP contribution in [0.4, 0.5) is 0 Å². The smallest absolute Gasteiger partial charge is 0.214 e. The second kappa shape index (κ2) is 7.56. The van der Waals surface area contributed by atoms with Crippen molar-refractivity contribution in [3.05, 3.63) is 0 Å². The summed E-state index contributed by atoms with van der Waals surface area (Å²) in [5.74, 6) is 0.692. The van der Waals surface area contributed by atoms with Crippen molar-refractivity contribution in [1.29, 1.82) is 0 Å². The van der Waals surface area contributed by atoms with Crippen molar-refractivity contribution in [1.82, 2.24) is 4.31 Å². The Balaban J connectivity index is 0.00000256. The van der Waals surface area contributed by atoms with Crippen LogP contribution in [0.2, 0.25) is 0 Å². The first-order chi connectivity index (χ1) is 7.47. The van der Waals surface area contributed by atoms with Gasteiger partial charge in [0.1, 0.15) is 0 Å². The van der Waals surface area contributed by atoms with Crippen LogP contribution in [0.3, 0.4) is 0 Å². The number of hydrogen-bond acceptors (Lipinski definition) is 3. The quantitative estimate of drug-likeness (QED) is 0.834. The summed E-state index contributed by atoms with van der Waals surface area (Å²) in [5, 5.41) is 0. The van der Waals surface area contributed by atoms with E-state index in [0.717, 1.165) is 25.7 Å². The first-order valence-corrected chi connectivity index (χ1v) is 7.78. The first kappa shape index (κ1) is 17.2. The van der Waals surface area contributed by atoms with Crippen LogP contribution in [0.1, 0.15) is 39.5 Å². The Morgan fingerprint density at radius 3 is 2.53 bits per heavy atom. The summed E-state index contributed by atoms with van der Waals surface area (Å²) in [6.07, 6.45) is 3.71. The van der Waals surface area contributed by atoms with Crippen LogP contribution in [0.15, 0.2) is 0 Å². The third kappa shape index (κ3) is 5.12. The summed E-state index contributed by atoms with van der Waals surface area (Å²) in [7, 11) is -3.09. The van der Waals surface area contributed by atoms with Crippen molar-refractivity contribution in [2.24, 2.45) is 11.7 Å². The first-order valence-electron chi connectivity index (χ1n) is 6.17.